The Bertz CT molecular complexity index is 1320. The maximum atomic E-state index is 12.6. The fourth-order valence-corrected chi connectivity index (χ4v) is 3.61. The molecule has 1 aromatic heterocycles. The smallest absolute Gasteiger partial charge is 0.248 e. The van der Waals surface area contributed by atoms with E-state index in [9.17, 15) is 9.59 Å². The first-order valence-corrected chi connectivity index (χ1v) is 10.2. The maximum Gasteiger partial charge on any atom is 0.248 e. The number of allylic oxidation sites excluding steroid dienone is 1. The molecule has 5 nitrogen and oxygen atoms in total. The Morgan fingerprint density at radius 3 is 2.34 bits per heavy atom. The van der Waals surface area contributed by atoms with E-state index in [0.29, 0.717) is 22.6 Å². The summed E-state index contributed by atoms with van der Waals surface area (Å²) < 4.78 is 11.3. The van der Waals surface area contributed by atoms with Crippen LogP contribution in [0.3, 0.4) is 0 Å². The van der Waals surface area contributed by atoms with E-state index in [1.54, 1.807) is 37.6 Å². The molecular weight excluding hydrogens is 402 g/mol. The molecule has 1 heterocycles. The molecule has 0 unspecified atom stereocenters. The monoisotopic (exact) mass is 425 g/mol. The maximum absolute atomic E-state index is 12.6. The van der Waals surface area contributed by atoms with Crippen LogP contribution in [0.2, 0.25) is 0 Å². The van der Waals surface area contributed by atoms with Crippen molar-refractivity contribution in [2.24, 2.45) is 0 Å². The Labute approximate surface area is 186 Å². The number of carbonyl (C=O) groups excluding carboxylic acids is 2. The van der Waals surface area contributed by atoms with Gasteiger partial charge in [-0.3, -0.25) is 9.59 Å². The first-order valence-electron chi connectivity index (χ1n) is 10.2. The molecule has 0 spiro atoms. The normalized spacial score (nSPS) is 11.4. The standard InChI is InChI=1S/C27H23NO4/c1-17(13-27(30)28-21-11-9-19(10-12-21)18(2)29)22-14-23-24(20-7-5-4-6-8-20)16-32-26(23)15-25(22)31-3/h4-16H,1-3H3,(H,28,30)/b17-13+. The van der Waals surface area contributed by atoms with Gasteiger partial charge in [0.15, 0.2) is 5.78 Å². The number of ketones is 1. The van der Waals surface area contributed by atoms with E-state index >= 15 is 0 Å². The largest absolute Gasteiger partial charge is 0.496 e. The third-order valence-corrected chi connectivity index (χ3v) is 5.31. The molecule has 0 radical (unpaired) electrons. The molecule has 0 bridgehead atoms. The lowest BCUT2D eigenvalue weighted by atomic mass is 9.99. The molecule has 32 heavy (non-hydrogen) atoms. The fraction of sp³-hybridized carbons (Fsp3) is 0.111. The fourth-order valence-electron chi connectivity index (χ4n) is 3.61. The number of benzene rings is 3. The number of amides is 1. The molecule has 0 saturated carbocycles. The SMILES string of the molecule is COc1cc2occ(-c3ccccc3)c2cc1/C(C)=C/C(=O)Nc1ccc(C(C)=O)cc1. The van der Waals surface area contributed by atoms with Crippen molar-refractivity contribution < 1.29 is 18.7 Å². The highest BCUT2D eigenvalue weighted by atomic mass is 16.5. The second-order valence-corrected chi connectivity index (χ2v) is 7.51. The molecule has 0 atom stereocenters. The number of hydrogen-bond acceptors (Lipinski definition) is 4. The van der Waals surface area contributed by atoms with Crippen LogP contribution in [0.15, 0.2) is 83.5 Å². The van der Waals surface area contributed by atoms with E-state index in [4.69, 9.17) is 9.15 Å². The van der Waals surface area contributed by atoms with Crippen LogP contribution in [0.5, 0.6) is 5.75 Å². The number of carbonyl (C=O) groups is 2. The minimum atomic E-state index is -0.268. The molecular formula is C27H23NO4. The highest BCUT2D eigenvalue weighted by Crippen LogP contribution is 2.37. The number of methoxy groups -OCH3 is 1. The quantitative estimate of drug-likeness (QED) is 0.289. The highest BCUT2D eigenvalue weighted by molar-refractivity contribution is 6.05. The zero-order valence-corrected chi connectivity index (χ0v) is 18.1. The predicted molar refractivity (Wildman–Crippen MR) is 127 cm³/mol. The number of hydrogen-bond donors (Lipinski definition) is 1. The minimum Gasteiger partial charge on any atom is -0.496 e. The first-order chi connectivity index (χ1) is 15.5. The number of fused-ring (bicyclic) bond motifs is 1. The van der Waals surface area contributed by atoms with E-state index in [0.717, 1.165) is 27.6 Å². The lowest BCUT2D eigenvalue weighted by molar-refractivity contribution is -0.111. The van der Waals surface area contributed by atoms with Crippen LogP contribution in [-0.4, -0.2) is 18.8 Å². The summed E-state index contributed by atoms with van der Waals surface area (Å²) in [6.07, 6.45) is 3.27. The Morgan fingerprint density at radius 2 is 1.69 bits per heavy atom. The van der Waals surface area contributed by atoms with Crippen molar-refractivity contribution in [3.8, 4) is 16.9 Å². The second kappa shape index (κ2) is 8.94. The van der Waals surface area contributed by atoms with Gasteiger partial charge in [-0.1, -0.05) is 30.3 Å². The van der Waals surface area contributed by atoms with Crippen LogP contribution in [0, 0.1) is 0 Å². The molecule has 0 aliphatic carbocycles. The van der Waals surface area contributed by atoms with Crippen LogP contribution >= 0.6 is 0 Å². The van der Waals surface area contributed by atoms with Crippen LogP contribution in [-0.2, 0) is 4.79 Å². The second-order valence-electron chi connectivity index (χ2n) is 7.51. The molecule has 3 aromatic carbocycles. The van der Waals surface area contributed by atoms with Gasteiger partial charge in [-0.05, 0) is 55.3 Å². The average molecular weight is 425 g/mol. The number of rotatable bonds is 6. The first kappa shape index (κ1) is 21.1. The summed E-state index contributed by atoms with van der Waals surface area (Å²) in [5, 5.41) is 3.77. The topological polar surface area (TPSA) is 68.5 Å². The molecule has 0 aliphatic heterocycles. The number of Topliss-reactive ketones (excluding diaryl/α,β-unsaturated/α-hetero) is 1. The minimum absolute atomic E-state index is 0.0183. The summed E-state index contributed by atoms with van der Waals surface area (Å²) in [6.45, 7) is 3.37. The summed E-state index contributed by atoms with van der Waals surface area (Å²) in [5.41, 5.74) is 5.52. The van der Waals surface area contributed by atoms with Crippen LogP contribution in [0.4, 0.5) is 5.69 Å². The van der Waals surface area contributed by atoms with Gasteiger partial charge in [0.05, 0.1) is 13.4 Å². The molecule has 0 aliphatic rings. The third kappa shape index (κ3) is 4.32. The van der Waals surface area contributed by atoms with Gasteiger partial charge in [0.25, 0.3) is 0 Å². The number of furan rings is 1. The summed E-state index contributed by atoms with van der Waals surface area (Å²) in [6, 6.07) is 20.6. The Kier molecular flexibility index (Phi) is 5.90. The summed E-state index contributed by atoms with van der Waals surface area (Å²) in [4.78, 5) is 24.0. The van der Waals surface area contributed by atoms with Crippen molar-refractivity contribution in [3.63, 3.8) is 0 Å². The van der Waals surface area contributed by atoms with E-state index in [1.165, 1.54) is 13.0 Å². The molecule has 1 amide bonds. The lowest BCUT2D eigenvalue weighted by Gasteiger charge is -2.10. The zero-order chi connectivity index (χ0) is 22.7. The summed E-state index contributed by atoms with van der Waals surface area (Å²) in [7, 11) is 1.59. The van der Waals surface area contributed by atoms with Gasteiger partial charge in [0.2, 0.25) is 5.91 Å². The Balaban J connectivity index is 1.65. The molecule has 4 aromatic rings. The van der Waals surface area contributed by atoms with Crippen molar-refractivity contribution in [1.82, 2.24) is 0 Å². The van der Waals surface area contributed by atoms with Crippen LogP contribution in [0.1, 0.15) is 29.8 Å². The molecule has 1 N–H and O–H groups in total. The van der Waals surface area contributed by atoms with Crippen LogP contribution in [0.25, 0.3) is 27.7 Å². The molecule has 4 rings (SSSR count). The zero-order valence-electron chi connectivity index (χ0n) is 18.1. The van der Waals surface area contributed by atoms with Gasteiger partial charge in [-0.15, -0.1) is 0 Å². The van der Waals surface area contributed by atoms with Gasteiger partial charge in [-0.25, -0.2) is 0 Å². The van der Waals surface area contributed by atoms with E-state index in [-0.39, 0.29) is 11.7 Å². The van der Waals surface area contributed by atoms with Gasteiger partial charge < -0.3 is 14.5 Å². The van der Waals surface area contributed by atoms with E-state index < -0.39 is 0 Å². The van der Waals surface area contributed by atoms with Crippen molar-refractivity contribution in [2.75, 3.05) is 12.4 Å². The van der Waals surface area contributed by atoms with Gasteiger partial charge >= 0.3 is 0 Å². The highest BCUT2D eigenvalue weighted by Gasteiger charge is 2.15. The van der Waals surface area contributed by atoms with Gasteiger partial charge in [0.1, 0.15) is 11.3 Å². The van der Waals surface area contributed by atoms with Crippen molar-refractivity contribution in [2.45, 2.75) is 13.8 Å². The average Bonchev–Trinajstić information content (AvgIpc) is 3.22. The number of ether oxygens (including phenoxy) is 1. The lowest BCUT2D eigenvalue weighted by Crippen LogP contribution is -2.09. The van der Waals surface area contributed by atoms with Crippen molar-refractivity contribution in [1.29, 1.82) is 0 Å². The molecule has 160 valence electrons. The number of anilines is 1. The Hall–Kier alpha value is -4.12. The summed E-state index contributed by atoms with van der Waals surface area (Å²) >= 11 is 0. The van der Waals surface area contributed by atoms with Gasteiger partial charge in [-0.2, -0.15) is 0 Å². The van der Waals surface area contributed by atoms with E-state index in [2.05, 4.69) is 5.32 Å². The van der Waals surface area contributed by atoms with E-state index in [1.807, 2.05) is 49.4 Å². The Morgan fingerprint density at radius 1 is 0.969 bits per heavy atom. The summed E-state index contributed by atoms with van der Waals surface area (Å²) in [5.74, 6) is 0.338. The van der Waals surface area contributed by atoms with Crippen molar-refractivity contribution in [3.05, 3.63) is 90.2 Å². The van der Waals surface area contributed by atoms with Crippen LogP contribution < -0.4 is 10.1 Å². The predicted octanol–water partition coefficient (Wildman–Crippen LogP) is 6.35. The molecule has 0 saturated heterocycles. The molecule has 0 fully saturated rings. The van der Waals surface area contributed by atoms with Gasteiger partial charge in [0, 0.05) is 39.9 Å². The molecule has 5 heteroatoms. The van der Waals surface area contributed by atoms with Crippen molar-refractivity contribution >= 4 is 33.9 Å². The number of nitrogens with one attached hydrogen (secondary N) is 1. The third-order valence-electron chi connectivity index (χ3n) is 5.31.